The molecule has 0 bridgehead atoms. The van der Waals surface area contributed by atoms with Crippen molar-refractivity contribution in [3.05, 3.63) is 71.0 Å². The molecule has 4 nitrogen and oxygen atoms in total. The van der Waals surface area contributed by atoms with E-state index >= 15 is 0 Å². The molecule has 3 rings (SSSR count). The maximum atomic E-state index is 13.4. The predicted octanol–water partition coefficient (Wildman–Crippen LogP) is 3.24. The first-order valence-electron chi connectivity index (χ1n) is 8.18. The average molecular weight is 328 g/mol. The molecule has 2 atom stereocenters. The highest BCUT2D eigenvalue weighted by molar-refractivity contribution is 5.75. The molecule has 2 amide bonds. The number of hydrogen-bond donors (Lipinski definition) is 3. The number of urea groups is 1. The summed E-state index contributed by atoms with van der Waals surface area (Å²) in [4.78, 5) is 12.3. The van der Waals surface area contributed by atoms with Gasteiger partial charge in [-0.3, -0.25) is 0 Å². The fraction of sp³-hybridized carbons (Fsp3) is 0.316. The maximum absolute atomic E-state index is 13.4. The molecule has 0 aliphatic heterocycles. The number of carbonyl (C=O) groups excluding carboxylic acids is 1. The first-order chi connectivity index (χ1) is 11.7. The number of halogens is 1. The molecule has 2 aromatic carbocycles. The lowest BCUT2D eigenvalue weighted by Gasteiger charge is -2.27. The van der Waals surface area contributed by atoms with Gasteiger partial charge in [-0.25, -0.2) is 9.18 Å². The summed E-state index contributed by atoms with van der Waals surface area (Å²) in [6, 6.07) is 13.1. The first-order valence-corrected chi connectivity index (χ1v) is 8.18. The van der Waals surface area contributed by atoms with E-state index in [4.69, 9.17) is 0 Å². The number of rotatable bonds is 4. The SMILES string of the molecule is O=C(NC(CO)c1ccccc1)NC1CCCc2cc(F)ccc21. The van der Waals surface area contributed by atoms with Crippen molar-refractivity contribution in [1.82, 2.24) is 10.6 Å². The van der Waals surface area contributed by atoms with Crippen LogP contribution in [0.25, 0.3) is 0 Å². The molecule has 1 aliphatic carbocycles. The Labute approximate surface area is 140 Å². The highest BCUT2D eigenvalue weighted by Gasteiger charge is 2.23. The minimum Gasteiger partial charge on any atom is -0.394 e. The molecule has 126 valence electrons. The topological polar surface area (TPSA) is 61.4 Å². The quantitative estimate of drug-likeness (QED) is 0.807. The zero-order valence-electron chi connectivity index (χ0n) is 13.3. The molecule has 0 aromatic heterocycles. The number of amides is 2. The number of nitrogens with one attached hydrogen (secondary N) is 2. The highest BCUT2D eigenvalue weighted by Crippen LogP contribution is 2.30. The maximum Gasteiger partial charge on any atom is 0.315 e. The predicted molar refractivity (Wildman–Crippen MR) is 90.0 cm³/mol. The second kappa shape index (κ2) is 7.45. The molecule has 3 N–H and O–H groups in total. The third-order valence-corrected chi connectivity index (χ3v) is 4.41. The molecule has 0 radical (unpaired) electrons. The average Bonchev–Trinajstić information content (AvgIpc) is 2.60. The first kappa shape index (κ1) is 16.5. The van der Waals surface area contributed by atoms with Crippen molar-refractivity contribution >= 4 is 6.03 Å². The summed E-state index contributed by atoms with van der Waals surface area (Å²) in [5, 5.41) is 15.3. The Hall–Kier alpha value is -2.40. The van der Waals surface area contributed by atoms with E-state index < -0.39 is 6.04 Å². The molecule has 0 spiro atoms. The summed E-state index contributed by atoms with van der Waals surface area (Å²) >= 11 is 0. The van der Waals surface area contributed by atoms with Gasteiger partial charge in [0, 0.05) is 0 Å². The Morgan fingerprint density at radius 1 is 1.25 bits per heavy atom. The van der Waals surface area contributed by atoms with Gasteiger partial charge in [0.05, 0.1) is 18.7 Å². The van der Waals surface area contributed by atoms with E-state index in [9.17, 15) is 14.3 Å². The standard InChI is InChI=1S/C19H21FN2O2/c20-15-9-10-16-14(11-15)7-4-8-17(16)21-19(24)22-18(12-23)13-5-2-1-3-6-13/h1-3,5-6,9-11,17-18,23H,4,7-8,12H2,(H2,21,22,24). The molecule has 2 aromatic rings. The van der Waals surface area contributed by atoms with Crippen molar-refractivity contribution in [1.29, 1.82) is 0 Å². The second-order valence-electron chi connectivity index (χ2n) is 6.05. The van der Waals surface area contributed by atoms with Gasteiger partial charge in [-0.1, -0.05) is 36.4 Å². The molecule has 24 heavy (non-hydrogen) atoms. The molecule has 2 unspecified atom stereocenters. The van der Waals surface area contributed by atoms with Gasteiger partial charge in [-0.05, 0) is 48.1 Å². The number of benzene rings is 2. The van der Waals surface area contributed by atoms with Crippen LogP contribution in [-0.4, -0.2) is 17.7 Å². The number of aliphatic hydroxyl groups excluding tert-OH is 1. The number of aryl methyl sites for hydroxylation is 1. The normalized spacial score (nSPS) is 17.7. The lowest BCUT2D eigenvalue weighted by Crippen LogP contribution is -2.41. The van der Waals surface area contributed by atoms with Crippen LogP contribution in [0, 0.1) is 5.82 Å². The lowest BCUT2D eigenvalue weighted by atomic mass is 9.87. The zero-order chi connectivity index (χ0) is 16.9. The van der Waals surface area contributed by atoms with Gasteiger partial charge in [0.25, 0.3) is 0 Å². The van der Waals surface area contributed by atoms with E-state index in [1.807, 2.05) is 30.3 Å². The third kappa shape index (κ3) is 3.74. The Morgan fingerprint density at radius 3 is 2.79 bits per heavy atom. The summed E-state index contributed by atoms with van der Waals surface area (Å²) in [6.07, 6.45) is 2.56. The number of aliphatic hydroxyl groups is 1. The number of carbonyl (C=O) groups is 1. The highest BCUT2D eigenvalue weighted by atomic mass is 19.1. The smallest absolute Gasteiger partial charge is 0.315 e. The largest absolute Gasteiger partial charge is 0.394 e. The molecular formula is C19H21FN2O2. The van der Waals surface area contributed by atoms with Gasteiger partial charge >= 0.3 is 6.03 Å². The summed E-state index contributed by atoms with van der Waals surface area (Å²) < 4.78 is 13.4. The minimum atomic E-state index is -0.456. The van der Waals surface area contributed by atoms with E-state index in [0.717, 1.165) is 36.0 Å². The van der Waals surface area contributed by atoms with Gasteiger partial charge in [0.1, 0.15) is 5.82 Å². The molecule has 5 heteroatoms. The van der Waals surface area contributed by atoms with Gasteiger partial charge in [-0.15, -0.1) is 0 Å². The van der Waals surface area contributed by atoms with Crippen LogP contribution < -0.4 is 10.6 Å². The summed E-state index contributed by atoms with van der Waals surface area (Å²) in [6.45, 7) is -0.177. The molecule has 0 fully saturated rings. The summed E-state index contributed by atoms with van der Waals surface area (Å²) in [5.41, 5.74) is 2.77. The van der Waals surface area contributed by atoms with E-state index in [1.165, 1.54) is 6.07 Å². The van der Waals surface area contributed by atoms with Crippen LogP contribution in [0.1, 0.15) is 41.6 Å². The van der Waals surface area contributed by atoms with Crippen molar-refractivity contribution in [2.45, 2.75) is 31.3 Å². The van der Waals surface area contributed by atoms with Crippen LogP contribution in [0.5, 0.6) is 0 Å². The van der Waals surface area contributed by atoms with Crippen molar-refractivity contribution < 1.29 is 14.3 Å². The molecule has 0 saturated carbocycles. The fourth-order valence-corrected chi connectivity index (χ4v) is 3.21. The van der Waals surface area contributed by atoms with Crippen molar-refractivity contribution in [2.75, 3.05) is 6.61 Å². The van der Waals surface area contributed by atoms with E-state index in [-0.39, 0.29) is 24.5 Å². The van der Waals surface area contributed by atoms with E-state index in [0.29, 0.717) is 0 Å². The third-order valence-electron chi connectivity index (χ3n) is 4.41. The molecule has 0 heterocycles. The lowest BCUT2D eigenvalue weighted by molar-refractivity contribution is 0.213. The fourth-order valence-electron chi connectivity index (χ4n) is 3.21. The van der Waals surface area contributed by atoms with Crippen LogP contribution >= 0.6 is 0 Å². The number of hydrogen-bond acceptors (Lipinski definition) is 2. The number of fused-ring (bicyclic) bond motifs is 1. The Balaban J connectivity index is 1.67. The van der Waals surface area contributed by atoms with Crippen molar-refractivity contribution in [3.63, 3.8) is 0 Å². The van der Waals surface area contributed by atoms with Crippen LogP contribution in [-0.2, 0) is 6.42 Å². The minimum absolute atomic E-state index is 0.135. The van der Waals surface area contributed by atoms with Gasteiger partial charge in [0.2, 0.25) is 0 Å². The van der Waals surface area contributed by atoms with Crippen LogP contribution in [0.3, 0.4) is 0 Å². The molecular weight excluding hydrogens is 307 g/mol. The second-order valence-corrected chi connectivity index (χ2v) is 6.05. The van der Waals surface area contributed by atoms with Gasteiger partial charge in [-0.2, -0.15) is 0 Å². The molecule has 0 saturated heterocycles. The van der Waals surface area contributed by atoms with Crippen LogP contribution in [0.15, 0.2) is 48.5 Å². The molecule has 1 aliphatic rings. The van der Waals surface area contributed by atoms with E-state index in [1.54, 1.807) is 12.1 Å². The summed E-state index contributed by atoms with van der Waals surface area (Å²) in [7, 11) is 0. The van der Waals surface area contributed by atoms with Crippen LogP contribution in [0.4, 0.5) is 9.18 Å². The Kier molecular flexibility index (Phi) is 5.11. The van der Waals surface area contributed by atoms with Crippen molar-refractivity contribution in [3.8, 4) is 0 Å². The monoisotopic (exact) mass is 328 g/mol. The van der Waals surface area contributed by atoms with Gasteiger partial charge < -0.3 is 15.7 Å². The summed E-state index contributed by atoms with van der Waals surface area (Å²) in [5.74, 6) is -0.247. The van der Waals surface area contributed by atoms with Crippen LogP contribution in [0.2, 0.25) is 0 Å². The van der Waals surface area contributed by atoms with E-state index in [2.05, 4.69) is 10.6 Å². The Bertz CT molecular complexity index is 706. The Morgan fingerprint density at radius 2 is 2.04 bits per heavy atom. The van der Waals surface area contributed by atoms with Crippen molar-refractivity contribution in [2.24, 2.45) is 0 Å². The zero-order valence-corrected chi connectivity index (χ0v) is 13.3. The van der Waals surface area contributed by atoms with Gasteiger partial charge in [0.15, 0.2) is 0 Å².